The van der Waals surface area contributed by atoms with Crippen LogP contribution in [0.4, 0.5) is 4.79 Å². The molecule has 0 radical (unpaired) electrons. The van der Waals surface area contributed by atoms with Crippen LogP contribution in [0.1, 0.15) is 0 Å². The normalized spacial score (nSPS) is 11.0. The molecule has 0 aliphatic heterocycles. The SMILES string of the molecule is CN=C(N)SNC(N)=O. The average Bonchev–Trinajstić information content (AvgIpc) is 1.83. The summed E-state index contributed by atoms with van der Waals surface area (Å²) >= 11 is 0.888. The number of hydrogen-bond donors (Lipinski definition) is 3. The molecule has 0 fully saturated rings. The summed E-state index contributed by atoms with van der Waals surface area (Å²) in [6.45, 7) is 0. The Morgan fingerprint density at radius 2 is 2.22 bits per heavy atom. The summed E-state index contributed by atoms with van der Waals surface area (Å²) in [4.78, 5) is 13.5. The second-order valence-corrected chi connectivity index (χ2v) is 1.96. The lowest BCUT2D eigenvalue weighted by atomic mass is 11.2. The van der Waals surface area contributed by atoms with Gasteiger partial charge in [0.05, 0.1) is 0 Å². The van der Waals surface area contributed by atoms with Gasteiger partial charge in [-0.2, -0.15) is 0 Å². The van der Waals surface area contributed by atoms with E-state index in [2.05, 4.69) is 9.71 Å². The predicted molar refractivity (Wildman–Crippen MR) is 37.9 cm³/mol. The van der Waals surface area contributed by atoms with Crippen LogP contribution in [-0.4, -0.2) is 18.2 Å². The number of carbonyl (C=O) groups excluding carboxylic acids is 1. The molecule has 0 saturated carbocycles. The van der Waals surface area contributed by atoms with Crippen LogP contribution in [0.25, 0.3) is 0 Å². The molecule has 2 amide bonds. The summed E-state index contributed by atoms with van der Waals surface area (Å²) in [6.07, 6.45) is 0. The number of hydrogen-bond acceptors (Lipinski definition) is 3. The van der Waals surface area contributed by atoms with Crippen molar-refractivity contribution in [3.63, 3.8) is 0 Å². The maximum atomic E-state index is 10.00. The molecule has 0 aromatic carbocycles. The monoisotopic (exact) mass is 148 g/mol. The van der Waals surface area contributed by atoms with Crippen molar-refractivity contribution in [1.29, 1.82) is 0 Å². The van der Waals surface area contributed by atoms with Crippen LogP contribution in [0.15, 0.2) is 4.99 Å². The number of nitrogens with one attached hydrogen (secondary N) is 1. The van der Waals surface area contributed by atoms with E-state index in [0.717, 1.165) is 11.9 Å². The van der Waals surface area contributed by atoms with Gasteiger partial charge in [-0.1, -0.05) is 0 Å². The minimum absolute atomic E-state index is 0.272. The van der Waals surface area contributed by atoms with Crippen molar-refractivity contribution >= 4 is 23.1 Å². The Bertz CT molecular complexity index is 134. The molecule has 5 N–H and O–H groups in total. The average molecular weight is 148 g/mol. The summed E-state index contributed by atoms with van der Waals surface area (Å²) in [6, 6.07) is -0.633. The number of urea groups is 1. The molecule has 0 rings (SSSR count). The number of amides is 2. The van der Waals surface area contributed by atoms with Gasteiger partial charge >= 0.3 is 6.03 Å². The fourth-order valence-electron chi connectivity index (χ4n) is 0.148. The highest BCUT2D eigenvalue weighted by Gasteiger charge is 1.92. The zero-order valence-corrected chi connectivity index (χ0v) is 5.73. The minimum atomic E-state index is -0.633. The maximum absolute atomic E-state index is 10.00. The Balaban J connectivity index is 3.39. The van der Waals surface area contributed by atoms with Crippen molar-refractivity contribution < 1.29 is 4.79 Å². The van der Waals surface area contributed by atoms with Gasteiger partial charge in [0, 0.05) is 19.0 Å². The maximum Gasteiger partial charge on any atom is 0.322 e. The molecule has 0 aromatic heterocycles. The van der Waals surface area contributed by atoms with E-state index in [1.807, 2.05) is 0 Å². The molecule has 0 spiro atoms. The quantitative estimate of drug-likeness (QED) is 0.239. The van der Waals surface area contributed by atoms with E-state index in [0.29, 0.717) is 0 Å². The molecule has 0 aliphatic rings. The standard InChI is InChI=1S/C3H8N4OS/c1-6-3(5)9-7-2(4)8/h1H3,(H2,5,6)(H3,4,7,8). The van der Waals surface area contributed by atoms with Gasteiger partial charge in [-0.3, -0.25) is 9.71 Å². The van der Waals surface area contributed by atoms with Crippen molar-refractivity contribution in [2.45, 2.75) is 0 Å². The van der Waals surface area contributed by atoms with Crippen molar-refractivity contribution in [1.82, 2.24) is 4.72 Å². The van der Waals surface area contributed by atoms with Gasteiger partial charge in [-0.15, -0.1) is 0 Å². The van der Waals surface area contributed by atoms with E-state index in [4.69, 9.17) is 11.5 Å². The largest absolute Gasteiger partial charge is 0.377 e. The molecule has 0 aromatic rings. The number of nitrogens with two attached hydrogens (primary N) is 2. The van der Waals surface area contributed by atoms with Crippen molar-refractivity contribution in [2.24, 2.45) is 16.5 Å². The van der Waals surface area contributed by atoms with E-state index in [1.54, 1.807) is 0 Å². The number of rotatable bonds is 0. The Labute approximate surface area is 57.0 Å². The van der Waals surface area contributed by atoms with Crippen molar-refractivity contribution in [3.8, 4) is 0 Å². The van der Waals surface area contributed by atoms with Crippen molar-refractivity contribution in [3.05, 3.63) is 0 Å². The van der Waals surface area contributed by atoms with Crippen LogP contribution < -0.4 is 16.2 Å². The molecule has 9 heavy (non-hydrogen) atoms. The van der Waals surface area contributed by atoms with Crippen LogP contribution in [0, 0.1) is 0 Å². The summed E-state index contributed by atoms with van der Waals surface area (Å²) < 4.78 is 2.20. The van der Waals surface area contributed by atoms with E-state index < -0.39 is 6.03 Å². The zero-order chi connectivity index (χ0) is 7.28. The number of carbonyl (C=O) groups is 1. The molecular formula is C3H8N4OS. The van der Waals surface area contributed by atoms with Crippen LogP contribution in [0.3, 0.4) is 0 Å². The van der Waals surface area contributed by atoms with Crippen LogP contribution in [-0.2, 0) is 0 Å². The van der Waals surface area contributed by atoms with Gasteiger partial charge in [0.25, 0.3) is 0 Å². The third-order valence-corrected chi connectivity index (χ3v) is 1.17. The second kappa shape index (κ2) is 4.02. The first-order chi connectivity index (χ1) is 4.16. The Kier molecular flexibility index (Phi) is 3.61. The highest BCUT2D eigenvalue weighted by Crippen LogP contribution is 1.89. The summed E-state index contributed by atoms with van der Waals surface area (Å²) in [5.74, 6) is 0. The van der Waals surface area contributed by atoms with Gasteiger partial charge in [0.2, 0.25) is 0 Å². The highest BCUT2D eigenvalue weighted by molar-refractivity contribution is 8.12. The van der Waals surface area contributed by atoms with Gasteiger partial charge < -0.3 is 11.5 Å². The first-order valence-corrected chi connectivity index (χ1v) is 2.93. The lowest BCUT2D eigenvalue weighted by molar-refractivity contribution is 0.254. The molecule has 0 unspecified atom stereocenters. The topological polar surface area (TPSA) is 93.5 Å². The van der Waals surface area contributed by atoms with Crippen LogP contribution in [0.2, 0.25) is 0 Å². The lowest BCUT2D eigenvalue weighted by Gasteiger charge is -1.96. The first-order valence-electron chi connectivity index (χ1n) is 2.11. The highest BCUT2D eigenvalue weighted by atomic mass is 32.2. The molecule has 0 bridgehead atoms. The molecule has 5 nitrogen and oxygen atoms in total. The molecule has 0 heterocycles. The van der Waals surface area contributed by atoms with Gasteiger partial charge in [0.1, 0.15) is 0 Å². The number of amidine groups is 1. The fraction of sp³-hybridized carbons (Fsp3) is 0.333. The number of aliphatic imine (C=N–C) groups is 1. The van der Waals surface area contributed by atoms with E-state index in [9.17, 15) is 4.79 Å². The minimum Gasteiger partial charge on any atom is -0.377 e. The molecule has 52 valence electrons. The van der Waals surface area contributed by atoms with Crippen LogP contribution in [0.5, 0.6) is 0 Å². The van der Waals surface area contributed by atoms with E-state index >= 15 is 0 Å². The van der Waals surface area contributed by atoms with Crippen LogP contribution >= 0.6 is 11.9 Å². The smallest absolute Gasteiger partial charge is 0.322 e. The first kappa shape index (κ1) is 8.09. The molecule has 0 saturated heterocycles. The fourth-order valence-corrected chi connectivity index (χ4v) is 0.445. The van der Waals surface area contributed by atoms with E-state index in [1.165, 1.54) is 7.05 Å². The lowest BCUT2D eigenvalue weighted by Crippen LogP contribution is -2.26. The predicted octanol–water partition coefficient (Wildman–Crippen LogP) is -0.753. The third-order valence-electron chi connectivity index (χ3n) is 0.477. The number of nitrogens with zero attached hydrogens (tertiary/aromatic N) is 1. The van der Waals surface area contributed by atoms with E-state index in [-0.39, 0.29) is 5.17 Å². The third kappa shape index (κ3) is 4.95. The Morgan fingerprint density at radius 1 is 1.67 bits per heavy atom. The Morgan fingerprint density at radius 3 is 2.56 bits per heavy atom. The van der Waals surface area contributed by atoms with Gasteiger partial charge in [0.15, 0.2) is 5.17 Å². The van der Waals surface area contributed by atoms with Gasteiger partial charge in [-0.25, -0.2) is 4.79 Å². The van der Waals surface area contributed by atoms with Crippen molar-refractivity contribution in [2.75, 3.05) is 7.05 Å². The molecular weight excluding hydrogens is 140 g/mol. The second-order valence-electron chi connectivity index (χ2n) is 1.13. The molecule has 0 atom stereocenters. The molecule has 0 aliphatic carbocycles. The summed E-state index contributed by atoms with van der Waals surface area (Å²) in [5.41, 5.74) is 9.88. The Hall–Kier alpha value is -0.910. The summed E-state index contributed by atoms with van der Waals surface area (Å²) in [7, 11) is 1.52. The van der Waals surface area contributed by atoms with Gasteiger partial charge in [-0.05, 0) is 0 Å². The summed E-state index contributed by atoms with van der Waals surface area (Å²) in [5, 5.41) is 0.272. The molecule has 6 heteroatoms. The zero-order valence-electron chi connectivity index (χ0n) is 4.92. The number of primary amides is 1.